The smallest absolute Gasteiger partial charge is 0.416 e. The topological polar surface area (TPSA) is 110 Å². The fourth-order valence-electron chi connectivity index (χ4n) is 3.44. The molecule has 0 unspecified atom stereocenters. The first-order valence-corrected chi connectivity index (χ1v) is 11.8. The van der Waals surface area contributed by atoms with E-state index in [1.807, 2.05) is 24.3 Å². The number of benzene rings is 2. The van der Waals surface area contributed by atoms with E-state index in [2.05, 4.69) is 27.8 Å². The normalized spacial score (nSPS) is 12.4. The first-order valence-electron chi connectivity index (χ1n) is 11.8. The zero-order valence-corrected chi connectivity index (χ0v) is 20.1. The summed E-state index contributed by atoms with van der Waals surface area (Å²) in [4.78, 5) is 10.6. The van der Waals surface area contributed by atoms with Gasteiger partial charge in [-0.15, -0.1) is 5.10 Å². The molecule has 0 amide bonds. The number of hydrogen-bond acceptors (Lipinski definition) is 7. The number of aliphatic carboxylic acids is 1. The molecule has 1 atom stereocenters. The van der Waals surface area contributed by atoms with Crippen molar-refractivity contribution in [1.29, 1.82) is 0 Å². The minimum atomic E-state index is -4.66. The Kier molecular flexibility index (Phi) is 9.84. The van der Waals surface area contributed by atoms with Gasteiger partial charge in [0.15, 0.2) is 0 Å². The molecule has 37 heavy (non-hydrogen) atoms. The molecule has 0 aliphatic rings. The Morgan fingerprint density at radius 2 is 1.92 bits per heavy atom. The van der Waals surface area contributed by atoms with Crippen molar-refractivity contribution in [3.05, 3.63) is 59.4 Å². The van der Waals surface area contributed by atoms with Gasteiger partial charge in [-0.2, -0.15) is 13.2 Å². The highest BCUT2D eigenvalue weighted by Gasteiger charge is 2.31. The Hall–Kier alpha value is -3.67. The van der Waals surface area contributed by atoms with Gasteiger partial charge in [0.05, 0.1) is 23.6 Å². The summed E-state index contributed by atoms with van der Waals surface area (Å²) in [6.07, 6.45) is -2.15. The lowest BCUT2D eigenvalue weighted by atomic mass is 10.1. The lowest BCUT2D eigenvalue weighted by molar-refractivity contribution is -0.138. The number of unbranched alkanes of at least 4 members (excludes halogenated alkanes) is 1. The van der Waals surface area contributed by atoms with Gasteiger partial charge < -0.3 is 24.9 Å². The molecule has 0 aliphatic heterocycles. The minimum Gasteiger partial charge on any atom is -0.481 e. The molecule has 0 fully saturated rings. The summed E-state index contributed by atoms with van der Waals surface area (Å²) < 4.78 is 63.4. The highest BCUT2D eigenvalue weighted by molar-refractivity contribution is 5.66. The lowest BCUT2D eigenvalue weighted by Crippen LogP contribution is -2.27. The van der Waals surface area contributed by atoms with Gasteiger partial charge in [0.1, 0.15) is 12.4 Å². The summed E-state index contributed by atoms with van der Waals surface area (Å²) in [7, 11) is 0. The molecule has 3 aromatic rings. The summed E-state index contributed by atoms with van der Waals surface area (Å²) >= 11 is 0. The van der Waals surface area contributed by atoms with Crippen molar-refractivity contribution in [3.63, 3.8) is 0 Å². The Morgan fingerprint density at radius 3 is 2.57 bits per heavy atom. The Bertz CT molecular complexity index is 1150. The first-order chi connectivity index (χ1) is 17.7. The summed E-state index contributed by atoms with van der Waals surface area (Å²) in [5.74, 6) is -2.27. The molecule has 0 aliphatic carbocycles. The predicted octanol–water partition coefficient (Wildman–Crippen LogP) is 5.51. The molecule has 1 aromatic heterocycles. The maximum Gasteiger partial charge on any atom is 0.416 e. The average molecular weight is 525 g/mol. The third-order valence-electron chi connectivity index (χ3n) is 5.42. The number of anilines is 1. The summed E-state index contributed by atoms with van der Waals surface area (Å²) in [6.45, 7) is 3.16. The zero-order chi connectivity index (χ0) is 26.8. The number of alkyl halides is 3. The number of ether oxygens (including phenoxy) is 1. The molecular weight excluding hydrogens is 496 g/mol. The van der Waals surface area contributed by atoms with Crippen molar-refractivity contribution in [2.45, 2.75) is 51.4 Å². The fourth-order valence-corrected chi connectivity index (χ4v) is 3.44. The number of rotatable bonds is 14. The molecule has 0 radical (unpaired) electrons. The van der Waals surface area contributed by atoms with Crippen molar-refractivity contribution >= 4 is 11.7 Å². The molecule has 12 heteroatoms. The Morgan fingerprint density at radius 1 is 1.16 bits per heavy atom. The minimum absolute atomic E-state index is 0.0551. The molecule has 0 bridgehead atoms. The molecule has 0 saturated carbocycles. The van der Waals surface area contributed by atoms with Gasteiger partial charge >= 0.3 is 18.2 Å². The third kappa shape index (κ3) is 8.74. The van der Waals surface area contributed by atoms with Crippen LogP contribution in [0.3, 0.4) is 0 Å². The van der Waals surface area contributed by atoms with Crippen LogP contribution < -0.4 is 15.4 Å². The van der Waals surface area contributed by atoms with E-state index in [9.17, 15) is 22.4 Å². The quantitative estimate of drug-likeness (QED) is 0.187. The highest BCUT2D eigenvalue weighted by atomic mass is 19.4. The number of carboxylic acid groups (broad SMARTS) is 1. The van der Waals surface area contributed by atoms with E-state index in [-0.39, 0.29) is 36.6 Å². The second kappa shape index (κ2) is 13.0. The van der Waals surface area contributed by atoms with Crippen LogP contribution in [0.15, 0.2) is 46.9 Å². The maximum absolute atomic E-state index is 14.2. The van der Waals surface area contributed by atoms with Crippen LogP contribution in [0.4, 0.5) is 23.2 Å². The van der Waals surface area contributed by atoms with E-state index in [4.69, 9.17) is 14.3 Å². The van der Waals surface area contributed by atoms with Crippen LogP contribution in [-0.4, -0.2) is 40.5 Å². The molecular formula is C25H28F4N4O4. The monoisotopic (exact) mass is 524 g/mol. The van der Waals surface area contributed by atoms with Crippen LogP contribution in [0.2, 0.25) is 0 Å². The number of halogens is 4. The predicted molar refractivity (Wildman–Crippen MR) is 128 cm³/mol. The van der Waals surface area contributed by atoms with E-state index in [1.54, 1.807) is 0 Å². The Labute approximate surface area is 211 Å². The number of carboxylic acids is 1. The molecule has 3 N–H and O–H groups in total. The molecule has 0 saturated heterocycles. The van der Waals surface area contributed by atoms with Crippen molar-refractivity contribution in [2.24, 2.45) is 0 Å². The van der Waals surface area contributed by atoms with Gasteiger partial charge in [0.2, 0.25) is 0 Å². The number of hydrogen-bond donors (Lipinski definition) is 3. The number of carbonyl (C=O) groups is 1. The van der Waals surface area contributed by atoms with Gasteiger partial charge in [0, 0.05) is 18.8 Å². The van der Waals surface area contributed by atoms with Gasteiger partial charge in [0.25, 0.3) is 5.89 Å². The van der Waals surface area contributed by atoms with Crippen LogP contribution in [0, 0.1) is 5.82 Å². The van der Waals surface area contributed by atoms with Crippen LogP contribution >= 0.6 is 0 Å². The molecule has 2 aromatic carbocycles. The van der Waals surface area contributed by atoms with Crippen molar-refractivity contribution in [1.82, 2.24) is 15.5 Å². The number of nitrogens with zero attached hydrogens (tertiary/aromatic N) is 2. The molecule has 8 nitrogen and oxygen atoms in total. The highest BCUT2D eigenvalue weighted by Crippen LogP contribution is 2.33. The first kappa shape index (κ1) is 27.9. The van der Waals surface area contributed by atoms with E-state index >= 15 is 0 Å². The van der Waals surface area contributed by atoms with E-state index < -0.39 is 23.5 Å². The van der Waals surface area contributed by atoms with E-state index in [0.717, 1.165) is 42.6 Å². The van der Waals surface area contributed by atoms with E-state index in [0.29, 0.717) is 19.2 Å². The van der Waals surface area contributed by atoms with Gasteiger partial charge in [-0.3, -0.25) is 4.79 Å². The van der Waals surface area contributed by atoms with Crippen molar-refractivity contribution < 1.29 is 36.6 Å². The third-order valence-corrected chi connectivity index (χ3v) is 5.42. The second-order valence-corrected chi connectivity index (χ2v) is 8.38. The van der Waals surface area contributed by atoms with Crippen LogP contribution in [-0.2, 0) is 17.5 Å². The molecule has 1 heterocycles. The SMILES string of the molecule is CCCC[C@@H](COc1nnc(-c2ccc(C(F)(F)F)cc2F)o1)Nc1ccc(CNCCC(=O)O)cc1. The molecule has 200 valence electrons. The van der Waals surface area contributed by atoms with E-state index in [1.165, 1.54) is 0 Å². The second-order valence-electron chi connectivity index (χ2n) is 8.38. The van der Waals surface area contributed by atoms with Crippen LogP contribution in [0.5, 0.6) is 6.08 Å². The van der Waals surface area contributed by atoms with Crippen LogP contribution in [0.1, 0.15) is 43.7 Å². The Balaban J connectivity index is 1.57. The van der Waals surface area contributed by atoms with Gasteiger partial charge in [-0.25, -0.2) is 4.39 Å². The fraction of sp³-hybridized carbons (Fsp3) is 0.400. The average Bonchev–Trinajstić information content (AvgIpc) is 3.32. The van der Waals surface area contributed by atoms with Gasteiger partial charge in [-0.1, -0.05) is 37.0 Å². The number of nitrogens with one attached hydrogen (secondary N) is 2. The van der Waals surface area contributed by atoms with Crippen molar-refractivity contribution in [3.8, 4) is 17.5 Å². The summed E-state index contributed by atoms with van der Waals surface area (Å²) in [6, 6.07) is 9.61. The van der Waals surface area contributed by atoms with Crippen molar-refractivity contribution in [2.75, 3.05) is 18.5 Å². The van der Waals surface area contributed by atoms with Gasteiger partial charge in [-0.05, 0) is 42.3 Å². The van der Waals surface area contributed by atoms with Crippen LogP contribution in [0.25, 0.3) is 11.5 Å². The lowest BCUT2D eigenvalue weighted by Gasteiger charge is -2.19. The maximum atomic E-state index is 14.2. The molecule has 0 spiro atoms. The standard InChI is InChI=1S/C25H28F4N4O4/c1-2-3-4-19(31-18-8-5-16(6-9-18)14-30-12-11-22(34)35)15-36-24-33-32-23(37-24)20-10-7-17(13-21(20)26)25(27,28)29/h5-10,13,19,30-31H,2-4,11-12,14-15H2,1H3,(H,34,35)/t19-/m0/s1. The number of aromatic nitrogens is 2. The summed E-state index contributed by atoms with van der Waals surface area (Å²) in [5.41, 5.74) is 0.494. The largest absolute Gasteiger partial charge is 0.481 e. The zero-order valence-electron chi connectivity index (χ0n) is 20.1. The molecule has 3 rings (SSSR count). The summed E-state index contributed by atoms with van der Waals surface area (Å²) in [5, 5.41) is 22.6.